The molecule has 0 aliphatic rings. The van der Waals surface area contributed by atoms with Crippen LogP contribution in [0.1, 0.15) is 11.3 Å². The maximum Gasteiger partial charge on any atom is 0.230 e. The van der Waals surface area contributed by atoms with Gasteiger partial charge in [0.25, 0.3) is 0 Å². The van der Waals surface area contributed by atoms with Crippen LogP contribution in [-0.2, 0) is 17.9 Å². The van der Waals surface area contributed by atoms with E-state index in [2.05, 4.69) is 15.5 Å². The van der Waals surface area contributed by atoms with Crippen LogP contribution in [0.2, 0.25) is 0 Å². The molecule has 1 N–H and O–H groups in total. The summed E-state index contributed by atoms with van der Waals surface area (Å²) in [5, 5.41) is 11.2. The smallest absolute Gasteiger partial charge is 0.230 e. The van der Waals surface area contributed by atoms with Crippen LogP contribution in [0.3, 0.4) is 0 Å². The average molecular weight is 346 g/mol. The Kier molecular flexibility index (Phi) is 5.27. The van der Waals surface area contributed by atoms with Crippen LogP contribution >= 0.6 is 11.8 Å². The molecule has 2 aromatic heterocycles. The van der Waals surface area contributed by atoms with Crippen molar-refractivity contribution in [3.8, 4) is 0 Å². The second-order valence-corrected chi connectivity index (χ2v) is 5.92. The van der Waals surface area contributed by atoms with Crippen LogP contribution < -0.4 is 5.32 Å². The summed E-state index contributed by atoms with van der Waals surface area (Å²) in [6, 6.07) is 10.0. The van der Waals surface area contributed by atoms with Gasteiger partial charge in [0.15, 0.2) is 5.16 Å². The largest absolute Gasteiger partial charge is 0.467 e. The van der Waals surface area contributed by atoms with Gasteiger partial charge in [0.1, 0.15) is 17.9 Å². The van der Waals surface area contributed by atoms with Crippen LogP contribution in [0.25, 0.3) is 0 Å². The molecule has 8 heteroatoms. The fourth-order valence-corrected chi connectivity index (χ4v) is 2.80. The molecule has 0 atom stereocenters. The number of hydrogen-bond acceptors (Lipinski definition) is 5. The molecule has 0 bridgehead atoms. The summed E-state index contributed by atoms with van der Waals surface area (Å²) in [7, 11) is 0. The predicted octanol–water partition coefficient (Wildman–Crippen LogP) is 2.47. The Labute approximate surface area is 142 Å². The third-order valence-electron chi connectivity index (χ3n) is 3.25. The van der Waals surface area contributed by atoms with E-state index < -0.39 is 0 Å². The molecule has 6 nitrogen and oxygen atoms in total. The topological polar surface area (TPSA) is 73.0 Å². The monoisotopic (exact) mass is 346 g/mol. The Morgan fingerprint density at radius 3 is 2.96 bits per heavy atom. The van der Waals surface area contributed by atoms with E-state index in [4.69, 9.17) is 4.42 Å². The van der Waals surface area contributed by atoms with E-state index in [0.717, 1.165) is 5.76 Å². The summed E-state index contributed by atoms with van der Waals surface area (Å²) >= 11 is 1.26. The number of benzene rings is 1. The first kappa shape index (κ1) is 16.3. The molecule has 1 aromatic carbocycles. The van der Waals surface area contributed by atoms with Gasteiger partial charge in [0, 0.05) is 12.1 Å². The van der Waals surface area contributed by atoms with Gasteiger partial charge in [0.2, 0.25) is 5.91 Å². The number of nitrogens with zero attached hydrogens (tertiary/aromatic N) is 3. The lowest BCUT2D eigenvalue weighted by Gasteiger charge is -2.07. The molecule has 0 radical (unpaired) electrons. The molecule has 0 unspecified atom stereocenters. The highest BCUT2D eigenvalue weighted by molar-refractivity contribution is 7.99. The number of rotatable bonds is 7. The quantitative estimate of drug-likeness (QED) is 0.665. The van der Waals surface area contributed by atoms with E-state index in [1.54, 1.807) is 35.4 Å². The third-order valence-corrected chi connectivity index (χ3v) is 4.23. The van der Waals surface area contributed by atoms with Crippen molar-refractivity contribution in [1.29, 1.82) is 0 Å². The van der Waals surface area contributed by atoms with Crippen molar-refractivity contribution in [1.82, 2.24) is 20.1 Å². The summed E-state index contributed by atoms with van der Waals surface area (Å²) in [5.74, 6) is 0.422. The van der Waals surface area contributed by atoms with E-state index in [0.29, 0.717) is 17.3 Å². The zero-order valence-corrected chi connectivity index (χ0v) is 13.5. The second kappa shape index (κ2) is 7.78. The molecule has 3 rings (SSSR count). The van der Waals surface area contributed by atoms with Gasteiger partial charge in [-0.2, -0.15) is 0 Å². The lowest BCUT2D eigenvalue weighted by Crippen LogP contribution is -2.25. The number of nitrogens with one attached hydrogen (secondary N) is 1. The second-order valence-electron chi connectivity index (χ2n) is 4.98. The minimum Gasteiger partial charge on any atom is -0.467 e. The Balaban J connectivity index is 1.50. The van der Waals surface area contributed by atoms with Gasteiger partial charge in [-0.15, -0.1) is 10.2 Å². The average Bonchev–Trinajstić information content (AvgIpc) is 3.24. The van der Waals surface area contributed by atoms with Crippen LogP contribution in [0.5, 0.6) is 0 Å². The van der Waals surface area contributed by atoms with Crippen molar-refractivity contribution in [3.05, 3.63) is 66.1 Å². The van der Waals surface area contributed by atoms with Crippen LogP contribution in [0.4, 0.5) is 4.39 Å². The zero-order chi connectivity index (χ0) is 16.8. The van der Waals surface area contributed by atoms with Gasteiger partial charge in [-0.05, 0) is 18.2 Å². The van der Waals surface area contributed by atoms with Crippen LogP contribution in [-0.4, -0.2) is 26.4 Å². The van der Waals surface area contributed by atoms with Crippen LogP contribution in [0, 0.1) is 5.82 Å². The Hall–Kier alpha value is -2.61. The number of aromatic nitrogens is 3. The first-order valence-electron chi connectivity index (χ1n) is 7.25. The molecule has 0 saturated heterocycles. The summed E-state index contributed by atoms with van der Waals surface area (Å²) in [4.78, 5) is 11.9. The minimum atomic E-state index is -0.330. The van der Waals surface area contributed by atoms with E-state index in [9.17, 15) is 9.18 Å². The maximum atomic E-state index is 13.5. The highest BCUT2D eigenvalue weighted by Crippen LogP contribution is 2.16. The lowest BCUT2D eigenvalue weighted by molar-refractivity contribution is -0.118. The molecule has 3 aromatic rings. The van der Waals surface area contributed by atoms with Gasteiger partial charge < -0.3 is 14.3 Å². The molecular formula is C16H15FN4O2S. The standard InChI is InChI=1S/C16H15FN4O2S/c17-14-6-2-1-4-12(14)8-18-15(22)10-24-16-20-19-11-21(16)9-13-5-3-7-23-13/h1-7,11H,8-10H2,(H,18,22). The lowest BCUT2D eigenvalue weighted by atomic mass is 10.2. The fourth-order valence-electron chi connectivity index (χ4n) is 2.05. The van der Waals surface area contributed by atoms with Crippen molar-refractivity contribution < 1.29 is 13.6 Å². The predicted molar refractivity (Wildman–Crippen MR) is 86.8 cm³/mol. The van der Waals surface area contributed by atoms with Gasteiger partial charge >= 0.3 is 0 Å². The molecule has 0 aliphatic heterocycles. The number of amides is 1. The van der Waals surface area contributed by atoms with E-state index >= 15 is 0 Å². The molecule has 0 fully saturated rings. The highest BCUT2D eigenvalue weighted by Gasteiger charge is 2.10. The SMILES string of the molecule is O=C(CSc1nncn1Cc1ccco1)NCc1ccccc1F. The van der Waals surface area contributed by atoms with E-state index in [1.165, 1.54) is 17.8 Å². The normalized spacial score (nSPS) is 10.7. The molecule has 2 heterocycles. The number of halogens is 1. The third kappa shape index (κ3) is 4.23. The number of thioether (sulfide) groups is 1. The first-order chi connectivity index (χ1) is 11.7. The minimum absolute atomic E-state index is 0.158. The van der Waals surface area contributed by atoms with Crippen molar-refractivity contribution in [3.63, 3.8) is 0 Å². The van der Waals surface area contributed by atoms with Gasteiger partial charge in [0.05, 0.1) is 18.6 Å². The first-order valence-corrected chi connectivity index (χ1v) is 8.24. The van der Waals surface area contributed by atoms with Crippen molar-refractivity contribution >= 4 is 17.7 Å². The maximum absolute atomic E-state index is 13.5. The fraction of sp³-hybridized carbons (Fsp3) is 0.188. The van der Waals surface area contributed by atoms with Gasteiger partial charge in [-0.25, -0.2) is 4.39 Å². The molecule has 0 spiro atoms. The number of hydrogen-bond donors (Lipinski definition) is 1. The van der Waals surface area contributed by atoms with Gasteiger partial charge in [-0.3, -0.25) is 4.79 Å². The highest BCUT2D eigenvalue weighted by atomic mass is 32.2. The summed E-state index contributed by atoms with van der Waals surface area (Å²) in [5.41, 5.74) is 0.455. The van der Waals surface area contributed by atoms with E-state index in [-0.39, 0.29) is 24.0 Å². The van der Waals surface area contributed by atoms with Crippen molar-refractivity contribution in [2.45, 2.75) is 18.2 Å². The molecule has 1 amide bonds. The van der Waals surface area contributed by atoms with E-state index in [1.807, 2.05) is 12.1 Å². The van der Waals surface area contributed by atoms with Crippen molar-refractivity contribution in [2.75, 3.05) is 5.75 Å². The Morgan fingerprint density at radius 2 is 2.17 bits per heavy atom. The molecular weight excluding hydrogens is 331 g/mol. The summed E-state index contributed by atoms with van der Waals surface area (Å²) in [6.45, 7) is 0.657. The zero-order valence-electron chi connectivity index (χ0n) is 12.7. The Bertz CT molecular complexity index is 804. The molecule has 24 heavy (non-hydrogen) atoms. The Morgan fingerprint density at radius 1 is 1.29 bits per heavy atom. The molecule has 0 aliphatic carbocycles. The van der Waals surface area contributed by atoms with Gasteiger partial charge in [-0.1, -0.05) is 30.0 Å². The summed E-state index contributed by atoms with van der Waals surface area (Å²) in [6.07, 6.45) is 3.19. The number of carbonyl (C=O) groups is 1. The van der Waals surface area contributed by atoms with Crippen LogP contribution in [0.15, 0.2) is 58.6 Å². The number of carbonyl (C=O) groups excluding carboxylic acids is 1. The molecule has 124 valence electrons. The summed E-state index contributed by atoms with van der Waals surface area (Å²) < 4.78 is 20.6. The molecule has 0 saturated carbocycles. The number of furan rings is 1. The van der Waals surface area contributed by atoms with Crippen molar-refractivity contribution in [2.24, 2.45) is 0 Å².